The maximum atomic E-state index is 14.3. The lowest BCUT2D eigenvalue weighted by Crippen LogP contribution is -2.53. The quantitative estimate of drug-likeness (QED) is 0.383. The SMILES string of the molecule is Cc1ccc(C)c(N2CC=C[C@]34S[C@@H]5C=CCCOC(=O)[C@@H]5[C@H]3C(=O)N(CCCCO)C4C2=O)c1. The summed E-state index contributed by atoms with van der Waals surface area (Å²) in [6, 6.07) is 5.32. The standard InChI is InChI=1S/C27H32N2O5S/c1-17-9-10-18(2)19(16-17)28-13-7-11-27-22(21-20(35-27)8-3-6-15-34-26(21)33)24(31)29(12-4-5-14-30)23(27)25(28)32/h3,7-11,16,20-23,30H,4-6,12-15H2,1-2H3/t20-,21+,22+,23?,27+/m1/s1. The third-order valence-electron chi connectivity index (χ3n) is 7.58. The second-order valence-electron chi connectivity index (χ2n) is 9.83. The molecular formula is C27H32N2O5S. The van der Waals surface area contributed by atoms with Gasteiger partial charge in [-0.1, -0.05) is 36.4 Å². The molecule has 0 saturated carbocycles. The first kappa shape index (κ1) is 24.1. The van der Waals surface area contributed by atoms with Crippen LogP contribution in [0.1, 0.15) is 30.4 Å². The van der Waals surface area contributed by atoms with E-state index in [2.05, 4.69) is 0 Å². The number of thioether (sulfide) groups is 1. The highest BCUT2D eigenvalue weighted by Gasteiger charge is 2.70. The number of hydrogen-bond acceptors (Lipinski definition) is 6. The van der Waals surface area contributed by atoms with Gasteiger partial charge in [-0.05, 0) is 50.3 Å². The average Bonchev–Trinajstić information content (AvgIpc) is 3.19. The number of hydrogen-bond donors (Lipinski definition) is 1. The Morgan fingerprint density at radius 2 is 1.97 bits per heavy atom. The number of fused-ring (bicyclic) bond motifs is 2. The number of esters is 1. The van der Waals surface area contributed by atoms with E-state index in [1.165, 1.54) is 0 Å². The van der Waals surface area contributed by atoms with Crippen molar-refractivity contribution in [1.82, 2.24) is 4.90 Å². The molecule has 1 aromatic rings. The third kappa shape index (κ3) is 3.91. The summed E-state index contributed by atoms with van der Waals surface area (Å²) < 4.78 is 4.67. The van der Waals surface area contributed by atoms with Crippen molar-refractivity contribution in [2.45, 2.75) is 49.1 Å². The van der Waals surface area contributed by atoms with Crippen LogP contribution in [0.25, 0.3) is 0 Å². The van der Waals surface area contributed by atoms with Crippen LogP contribution in [0.4, 0.5) is 5.69 Å². The van der Waals surface area contributed by atoms with Gasteiger partial charge < -0.3 is 19.6 Å². The summed E-state index contributed by atoms with van der Waals surface area (Å²) in [5.41, 5.74) is 2.90. The molecule has 0 bridgehead atoms. The number of aliphatic hydroxyl groups excluding tert-OH is 1. The lowest BCUT2D eigenvalue weighted by atomic mass is 9.78. The van der Waals surface area contributed by atoms with Crippen LogP contribution < -0.4 is 4.90 Å². The fourth-order valence-electron chi connectivity index (χ4n) is 5.97. The first-order valence-corrected chi connectivity index (χ1v) is 13.3. The number of benzene rings is 1. The Hall–Kier alpha value is -2.58. The number of nitrogens with zero attached hydrogens (tertiary/aromatic N) is 2. The Morgan fingerprint density at radius 3 is 2.77 bits per heavy atom. The molecule has 4 aliphatic rings. The minimum atomic E-state index is -0.844. The van der Waals surface area contributed by atoms with E-state index in [1.807, 2.05) is 56.4 Å². The van der Waals surface area contributed by atoms with Gasteiger partial charge in [0.2, 0.25) is 5.91 Å². The van der Waals surface area contributed by atoms with Crippen molar-refractivity contribution in [3.8, 4) is 0 Å². The molecule has 1 aromatic carbocycles. The van der Waals surface area contributed by atoms with Gasteiger partial charge in [-0.15, -0.1) is 11.8 Å². The smallest absolute Gasteiger partial charge is 0.311 e. The van der Waals surface area contributed by atoms with Crippen molar-refractivity contribution in [2.75, 3.05) is 31.2 Å². The largest absolute Gasteiger partial charge is 0.465 e. The summed E-state index contributed by atoms with van der Waals surface area (Å²) in [6.45, 7) is 5.09. The normalized spacial score (nSPS) is 32.0. The highest BCUT2D eigenvalue weighted by Crippen LogP contribution is 2.61. The van der Waals surface area contributed by atoms with Gasteiger partial charge in [0.15, 0.2) is 0 Å². The zero-order valence-electron chi connectivity index (χ0n) is 20.2. The van der Waals surface area contributed by atoms with Crippen molar-refractivity contribution in [3.05, 3.63) is 53.6 Å². The van der Waals surface area contributed by atoms with Gasteiger partial charge >= 0.3 is 5.97 Å². The molecule has 8 heteroatoms. The van der Waals surface area contributed by atoms with Gasteiger partial charge in [0, 0.05) is 30.6 Å². The lowest BCUT2D eigenvalue weighted by molar-refractivity contribution is -0.153. The van der Waals surface area contributed by atoms with Crippen LogP contribution in [-0.2, 0) is 19.1 Å². The first-order chi connectivity index (χ1) is 16.9. The van der Waals surface area contributed by atoms with E-state index in [0.717, 1.165) is 16.8 Å². The highest BCUT2D eigenvalue weighted by atomic mass is 32.2. The second-order valence-corrected chi connectivity index (χ2v) is 11.3. The zero-order chi connectivity index (χ0) is 24.7. The Balaban J connectivity index is 1.61. The van der Waals surface area contributed by atoms with E-state index in [4.69, 9.17) is 4.74 Å². The molecule has 1 N–H and O–H groups in total. The number of cyclic esters (lactones) is 1. The Morgan fingerprint density at radius 1 is 1.14 bits per heavy atom. The van der Waals surface area contributed by atoms with E-state index in [0.29, 0.717) is 39.0 Å². The Kier molecular flexibility index (Phi) is 6.53. The molecule has 186 valence electrons. The highest BCUT2D eigenvalue weighted by molar-refractivity contribution is 8.02. The molecule has 35 heavy (non-hydrogen) atoms. The number of carbonyl (C=O) groups is 3. The van der Waals surface area contributed by atoms with Crippen molar-refractivity contribution in [2.24, 2.45) is 11.8 Å². The zero-order valence-corrected chi connectivity index (χ0v) is 21.0. The molecule has 4 aliphatic heterocycles. The minimum Gasteiger partial charge on any atom is -0.465 e. The van der Waals surface area contributed by atoms with Crippen LogP contribution in [0.2, 0.25) is 0 Å². The summed E-state index contributed by atoms with van der Waals surface area (Å²) in [5.74, 6) is -1.93. The topological polar surface area (TPSA) is 87.2 Å². The molecule has 2 saturated heterocycles. The van der Waals surface area contributed by atoms with Crippen molar-refractivity contribution < 1.29 is 24.2 Å². The lowest BCUT2D eigenvalue weighted by Gasteiger charge is -2.35. The third-order valence-corrected chi connectivity index (χ3v) is 9.33. The van der Waals surface area contributed by atoms with E-state index in [1.54, 1.807) is 21.6 Å². The van der Waals surface area contributed by atoms with Crippen LogP contribution in [0.5, 0.6) is 0 Å². The molecule has 1 spiro atoms. The summed E-state index contributed by atoms with van der Waals surface area (Å²) in [4.78, 5) is 44.9. The number of rotatable bonds is 5. The van der Waals surface area contributed by atoms with Gasteiger partial charge in [0.25, 0.3) is 5.91 Å². The molecule has 4 heterocycles. The second kappa shape index (κ2) is 9.47. The van der Waals surface area contributed by atoms with E-state index < -0.39 is 22.6 Å². The van der Waals surface area contributed by atoms with Gasteiger partial charge in [-0.3, -0.25) is 14.4 Å². The number of carbonyl (C=O) groups excluding carboxylic acids is 3. The van der Waals surface area contributed by atoms with Crippen LogP contribution >= 0.6 is 11.8 Å². The predicted octanol–water partition coefficient (Wildman–Crippen LogP) is 2.78. The number of amides is 2. The maximum absolute atomic E-state index is 14.3. The molecule has 1 unspecified atom stereocenters. The van der Waals surface area contributed by atoms with Crippen LogP contribution in [0.15, 0.2) is 42.5 Å². The first-order valence-electron chi connectivity index (χ1n) is 12.4. The monoisotopic (exact) mass is 496 g/mol. The average molecular weight is 497 g/mol. The molecule has 2 amide bonds. The molecular weight excluding hydrogens is 464 g/mol. The van der Waals surface area contributed by atoms with Crippen LogP contribution in [0, 0.1) is 25.7 Å². The molecule has 0 aromatic heterocycles. The van der Waals surface area contributed by atoms with Crippen LogP contribution in [-0.4, -0.2) is 70.1 Å². The summed E-state index contributed by atoms with van der Waals surface area (Å²) in [5, 5.41) is 9.11. The predicted molar refractivity (Wildman–Crippen MR) is 135 cm³/mol. The molecule has 0 radical (unpaired) electrons. The number of ether oxygens (including phenoxy) is 1. The van der Waals surface area contributed by atoms with Crippen molar-refractivity contribution in [1.29, 1.82) is 0 Å². The van der Waals surface area contributed by atoms with E-state index in [9.17, 15) is 19.5 Å². The number of aryl methyl sites for hydroxylation is 2. The van der Waals surface area contributed by atoms with Gasteiger partial charge in [-0.2, -0.15) is 0 Å². The molecule has 5 rings (SSSR count). The van der Waals surface area contributed by atoms with Crippen molar-refractivity contribution >= 4 is 35.2 Å². The number of anilines is 1. The van der Waals surface area contributed by atoms with Gasteiger partial charge in [0.05, 0.1) is 23.2 Å². The summed E-state index contributed by atoms with van der Waals surface area (Å²) in [7, 11) is 0. The Bertz CT molecular complexity index is 1100. The molecule has 7 nitrogen and oxygen atoms in total. The maximum Gasteiger partial charge on any atom is 0.311 e. The molecule has 5 atom stereocenters. The minimum absolute atomic E-state index is 0.0281. The van der Waals surface area contributed by atoms with E-state index in [-0.39, 0.29) is 29.6 Å². The number of unbranched alkanes of at least 4 members (excludes halogenated alkanes) is 1. The van der Waals surface area contributed by atoms with Gasteiger partial charge in [-0.25, -0.2) is 0 Å². The van der Waals surface area contributed by atoms with E-state index >= 15 is 0 Å². The Labute approximate surface area is 210 Å². The van der Waals surface area contributed by atoms with Crippen molar-refractivity contribution in [3.63, 3.8) is 0 Å². The fraction of sp³-hybridized carbons (Fsp3) is 0.519. The fourth-order valence-corrected chi connectivity index (χ4v) is 7.97. The van der Waals surface area contributed by atoms with Crippen LogP contribution in [0.3, 0.4) is 0 Å². The number of likely N-dealkylation sites (tertiary alicyclic amines) is 1. The summed E-state index contributed by atoms with van der Waals surface area (Å²) in [6.07, 6.45) is 9.82. The molecule has 2 fully saturated rings. The summed E-state index contributed by atoms with van der Waals surface area (Å²) >= 11 is 1.56. The number of aliphatic hydroxyl groups is 1. The van der Waals surface area contributed by atoms with Gasteiger partial charge in [0.1, 0.15) is 6.04 Å². The molecule has 0 aliphatic carbocycles.